The summed E-state index contributed by atoms with van der Waals surface area (Å²) in [5.41, 5.74) is 3.85. The maximum Gasteiger partial charge on any atom is 0.194 e. The Balaban J connectivity index is 0.00000385. The van der Waals surface area contributed by atoms with Crippen molar-refractivity contribution in [3.63, 3.8) is 0 Å². The minimum absolute atomic E-state index is 0. The van der Waals surface area contributed by atoms with Gasteiger partial charge in [0.1, 0.15) is 18.1 Å². The predicted molar refractivity (Wildman–Crippen MR) is 144 cm³/mol. The predicted octanol–water partition coefficient (Wildman–Crippen LogP) is 4.13. The number of hydrogen-bond acceptors (Lipinski definition) is 4. The van der Waals surface area contributed by atoms with Crippen LogP contribution in [0.25, 0.3) is 0 Å². The summed E-state index contributed by atoms with van der Waals surface area (Å²) in [6.45, 7) is 6.15. The molecule has 0 saturated heterocycles. The van der Waals surface area contributed by atoms with E-state index < -0.39 is 0 Å². The number of nitrogens with zero attached hydrogens (tertiary/aromatic N) is 5. The van der Waals surface area contributed by atoms with Gasteiger partial charge >= 0.3 is 0 Å². The number of hydrogen-bond donors (Lipinski definition) is 1. The summed E-state index contributed by atoms with van der Waals surface area (Å²) < 4.78 is 7.22. The van der Waals surface area contributed by atoms with Crippen LogP contribution in [0.1, 0.15) is 35.3 Å². The van der Waals surface area contributed by atoms with E-state index in [1.807, 2.05) is 30.7 Å². The van der Waals surface area contributed by atoms with Crippen molar-refractivity contribution in [2.75, 3.05) is 20.7 Å². The second-order valence-corrected chi connectivity index (χ2v) is 7.91. The molecule has 0 atom stereocenters. The number of halogens is 1. The molecule has 0 aliphatic rings. The van der Waals surface area contributed by atoms with Gasteiger partial charge < -0.3 is 19.5 Å². The van der Waals surface area contributed by atoms with E-state index in [-0.39, 0.29) is 24.0 Å². The molecule has 0 unspecified atom stereocenters. The van der Waals surface area contributed by atoms with Gasteiger partial charge in [0.25, 0.3) is 0 Å². The highest BCUT2D eigenvalue weighted by Crippen LogP contribution is 2.12. The quantitative estimate of drug-likeness (QED) is 0.242. The van der Waals surface area contributed by atoms with Crippen molar-refractivity contribution in [3.05, 3.63) is 76.9 Å². The Bertz CT molecular complexity index is 1010. The van der Waals surface area contributed by atoms with Crippen LogP contribution in [0.4, 0.5) is 0 Å². The van der Waals surface area contributed by atoms with Crippen LogP contribution >= 0.6 is 24.0 Å². The van der Waals surface area contributed by atoms with Crippen molar-refractivity contribution in [1.82, 2.24) is 25.0 Å². The average molecular weight is 563 g/mol. The summed E-state index contributed by atoms with van der Waals surface area (Å²) >= 11 is 0. The number of nitrogens with one attached hydrogen (secondary N) is 1. The summed E-state index contributed by atoms with van der Waals surface area (Å²) in [6, 6.07) is 16.9. The molecule has 0 bridgehead atoms. The van der Waals surface area contributed by atoms with Crippen LogP contribution in [0.5, 0.6) is 5.75 Å². The second-order valence-electron chi connectivity index (χ2n) is 7.91. The Labute approximate surface area is 214 Å². The van der Waals surface area contributed by atoms with E-state index in [1.54, 1.807) is 7.11 Å². The molecule has 0 aliphatic carbocycles. The Morgan fingerprint density at radius 1 is 1.03 bits per heavy atom. The average Bonchev–Trinajstić information content (AvgIpc) is 3.14. The zero-order valence-electron chi connectivity index (χ0n) is 20.2. The molecule has 3 rings (SSSR count). The van der Waals surface area contributed by atoms with Gasteiger partial charge in [-0.25, -0.2) is 4.99 Å². The fourth-order valence-electron chi connectivity index (χ4n) is 3.39. The highest BCUT2D eigenvalue weighted by atomic mass is 127. The van der Waals surface area contributed by atoms with Gasteiger partial charge in [-0.2, -0.15) is 0 Å². The first kappa shape index (κ1) is 26.6. The number of aliphatic imine (C=N–C) groups is 1. The molecule has 0 aliphatic heterocycles. The second kappa shape index (κ2) is 13.2. The molecule has 7 nitrogen and oxygen atoms in total. The Hall–Kier alpha value is -2.62. The van der Waals surface area contributed by atoms with E-state index in [4.69, 9.17) is 9.73 Å². The van der Waals surface area contributed by atoms with Gasteiger partial charge in [-0.15, -0.1) is 34.2 Å². The Morgan fingerprint density at radius 3 is 2.24 bits per heavy atom. The van der Waals surface area contributed by atoms with E-state index in [9.17, 15) is 0 Å². The lowest BCUT2D eigenvalue weighted by atomic mass is 10.1. The van der Waals surface area contributed by atoms with Gasteiger partial charge in [0.2, 0.25) is 0 Å². The van der Waals surface area contributed by atoms with E-state index >= 15 is 0 Å². The summed E-state index contributed by atoms with van der Waals surface area (Å²) in [7, 11) is 5.72. The molecular weight excluding hydrogens is 527 g/mol. The highest BCUT2D eigenvalue weighted by Gasteiger charge is 2.10. The maximum atomic E-state index is 5.25. The molecule has 0 spiro atoms. The van der Waals surface area contributed by atoms with Crippen LogP contribution in [-0.4, -0.2) is 46.3 Å². The monoisotopic (exact) mass is 562 g/mol. The number of rotatable bonds is 9. The molecule has 1 N–H and O–H groups in total. The van der Waals surface area contributed by atoms with Gasteiger partial charge in [0, 0.05) is 27.2 Å². The third kappa shape index (κ3) is 7.73. The number of guanidine groups is 1. The highest BCUT2D eigenvalue weighted by molar-refractivity contribution is 14.0. The third-order valence-corrected chi connectivity index (χ3v) is 5.62. The normalized spacial score (nSPS) is 11.1. The molecule has 0 amide bonds. The molecule has 33 heavy (non-hydrogen) atoms. The van der Waals surface area contributed by atoms with E-state index in [2.05, 4.69) is 70.8 Å². The van der Waals surface area contributed by atoms with Gasteiger partial charge in [0.05, 0.1) is 7.11 Å². The first-order chi connectivity index (χ1) is 15.5. The lowest BCUT2D eigenvalue weighted by Gasteiger charge is -2.23. The molecule has 8 heteroatoms. The molecule has 3 aromatic rings. The van der Waals surface area contributed by atoms with Crippen molar-refractivity contribution in [2.24, 2.45) is 12.0 Å². The number of aryl methyl sites for hydroxylation is 2. The van der Waals surface area contributed by atoms with Crippen molar-refractivity contribution < 1.29 is 4.74 Å². The molecular formula is C25H35IN6O. The van der Waals surface area contributed by atoms with Crippen molar-refractivity contribution in [1.29, 1.82) is 0 Å². The van der Waals surface area contributed by atoms with Gasteiger partial charge in [-0.1, -0.05) is 43.3 Å². The Kier molecular flexibility index (Phi) is 10.6. The zero-order chi connectivity index (χ0) is 22.9. The Morgan fingerprint density at radius 2 is 1.67 bits per heavy atom. The number of ether oxygens (including phenoxy) is 1. The van der Waals surface area contributed by atoms with Crippen LogP contribution in [0, 0.1) is 6.92 Å². The SMILES string of the molecule is CCc1ccc(CN(C)C(=NCc2nnc(C)n2C)NCCc2ccc(OC)cc2)cc1.I. The molecule has 0 fully saturated rings. The molecule has 0 radical (unpaired) electrons. The van der Waals surface area contributed by atoms with Gasteiger partial charge in [-0.05, 0) is 48.6 Å². The first-order valence-corrected chi connectivity index (χ1v) is 11.0. The lowest BCUT2D eigenvalue weighted by molar-refractivity contribution is 0.414. The summed E-state index contributed by atoms with van der Waals surface area (Å²) in [6.07, 6.45) is 1.94. The maximum absolute atomic E-state index is 5.25. The molecule has 1 aromatic heterocycles. The van der Waals surface area contributed by atoms with E-state index in [1.165, 1.54) is 16.7 Å². The molecule has 1 heterocycles. The van der Waals surface area contributed by atoms with Crippen LogP contribution in [0.3, 0.4) is 0 Å². The van der Waals surface area contributed by atoms with Gasteiger partial charge in [-0.3, -0.25) is 0 Å². The fourth-order valence-corrected chi connectivity index (χ4v) is 3.39. The fraction of sp³-hybridized carbons (Fsp3) is 0.400. The minimum Gasteiger partial charge on any atom is -0.497 e. The summed E-state index contributed by atoms with van der Waals surface area (Å²) in [5, 5.41) is 11.9. The molecule has 2 aromatic carbocycles. The van der Waals surface area contributed by atoms with Crippen LogP contribution < -0.4 is 10.1 Å². The van der Waals surface area contributed by atoms with Crippen molar-refractivity contribution in [2.45, 2.75) is 39.8 Å². The van der Waals surface area contributed by atoms with E-state index in [0.717, 1.165) is 49.3 Å². The summed E-state index contributed by atoms with van der Waals surface area (Å²) in [5.74, 6) is 3.45. The largest absolute Gasteiger partial charge is 0.497 e. The number of benzene rings is 2. The number of methoxy groups -OCH3 is 1. The van der Waals surface area contributed by atoms with Crippen molar-refractivity contribution in [3.8, 4) is 5.75 Å². The van der Waals surface area contributed by atoms with E-state index in [0.29, 0.717) is 6.54 Å². The zero-order valence-corrected chi connectivity index (χ0v) is 22.5. The van der Waals surface area contributed by atoms with Gasteiger partial charge in [0.15, 0.2) is 11.8 Å². The first-order valence-electron chi connectivity index (χ1n) is 11.0. The molecule has 0 saturated carbocycles. The third-order valence-electron chi connectivity index (χ3n) is 5.62. The lowest BCUT2D eigenvalue weighted by Crippen LogP contribution is -2.39. The molecule has 178 valence electrons. The van der Waals surface area contributed by atoms with Crippen LogP contribution in [0.2, 0.25) is 0 Å². The van der Waals surface area contributed by atoms with Crippen molar-refractivity contribution >= 4 is 29.9 Å². The summed E-state index contributed by atoms with van der Waals surface area (Å²) in [4.78, 5) is 7.00. The minimum atomic E-state index is 0. The standard InChI is InChI=1S/C25H34N6O.HI/c1-6-20-7-9-22(10-8-20)18-30(3)25(27-17-24-29-28-19(2)31(24)4)26-16-15-21-11-13-23(32-5)14-12-21;/h7-14H,6,15-18H2,1-5H3,(H,26,27);1H. The van der Waals surface area contributed by atoms with Crippen LogP contribution in [-0.2, 0) is 33.0 Å². The topological polar surface area (TPSA) is 67.6 Å². The van der Waals surface area contributed by atoms with Crippen LogP contribution in [0.15, 0.2) is 53.5 Å². The smallest absolute Gasteiger partial charge is 0.194 e. The number of aromatic nitrogens is 3.